The van der Waals surface area contributed by atoms with Crippen molar-refractivity contribution in [3.8, 4) is 21.9 Å². The first-order valence-electron chi connectivity index (χ1n) is 14.7. The molecule has 2 aromatic heterocycles. The lowest BCUT2D eigenvalue weighted by Crippen LogP contribution is -2.41. The Balaban J connectivity index is 1.24. The van der Waals surface area contributed by atoms with Crippen LogP contribution in [0.4, 0.5) is 15.8 Å². The third-order valence-electron chi connectivity index (χ3n) is 7.93. The van der Waals surface area contributed by atoms with Crippen LogP contribution in [-0.2, 0) is 20.9 Å². The zero-order valence-corrected chi connectivity index (χ0v) is 25.8. The normalized spacial score (nSPS) is 14.2. The van der Waals surface area contributed by atoms with Crippen LogP contribution < -0.4 is 20.7 Å². The van der Waals surface area contributed by atoms with E-state index in [4.69, 9.17) is 15.2 Å². The minimum atomic E-state index is -1.28. The number of primary amides is 1. The number of hydrogen-bond donors (Lipinski definition) is 2. The molecule has 1 unspecified atom stereocenters. The Morgan fingerprint density at radius 3 is 2.44 bits per heavy atom. The van der Waals surface area contributed by atoms with Crippen molar-refractivity contribution in [1.29, 1.82) is 0 Å². The summed E-state index contributed by atoms with van der Waals surface area (Å²) in [5, 5.41) is 3.44. The van der Waals surface area contributed by atoms with Gasteiger partial charge in [-0.05, 0) is 61.2 Å². The Labute approximate surface area is 264 Å². The number of carbonyl (C=O) groups is 2. The van der Waals surface area contributed by atoms with E-state index in [2.05, 4.69) is 41.5 Å². The number of benzene rings is 3. The van der Waals surface area contributed by atoms with Gasteiger partial charge in [0.25, 0.3) is 0 Å². The van der Waals surface area contributed by atoms with Gasteiger partial charge < -0.3 is 20.5 Å². The molecule has 2 heterocycles. The van der Waals surface area contributed by atoms with Gasteiger partial charge in [-0.2, -0.15) is 0 Å². The number of thiophene rings is 1. The third kappa shape index (κ3) is 6.30. The second-order valence-corrected chi connectivity index (χ2v) is 12.3. The Morgan fingerprint density at radius 2 is 1.78 bits per heavy atom. The van der Waals surface area contributed by atoms with Crippen LogP contribution in [0, 0.1) is 11.2 Å². The van der Waals surface area contributed by atoms with Gasteiger partial charge in [0.1, 0.15) is 11.2 Å². The first-order chi connectivity index (χ1) is 21.8. The fourth-order valence-corrected chi connectivity index (χ4v) is 6.29. The average Bonchev–Trinajstić information content (AvgIpc) is 3.75. The van der Waals surface area contributed by atoms with Crippen LogP contribution in [0.1, 0.15) is 25.3 Å². The Kier molecular flexibility index (Phi) is 8.62. The number of nitrogens with two attached hydrogens (primary N) is 1. The summed E-state index contributed by atoms with van der Waals surface area (Å²) in [6.45, 7) is 3.47. The molecule has 1 saturated carbocycles. The van der Waals surface area contributed by atoms with Crippen molar-refractivity contribution in [2.45, 2.75) is 32.4 Å². The molecule has 3 aromatic carbocycles. The molecule has 0 aliphatic heterocycles. The fraction of sp³-hybridized carbons (Fsp3) is 0.229. The Hall–Kier alpha value is -4.64. The quantitative estimate of drug-likeness (QED) is 0.146. The van der Waals surface area contributed by atoms with E-state index in [0.717, 1.165) is 27.2 Å². The summed E-state index contributed by atoms with van der Waals surface area (Å²) in [7, 11) is 1.69. The van der Waals surface area contributed by atoms with Crippen LogP contribution in [0.5, 0.6) is 11.5 Å². The van der Waals surface area contributed by atoms with E-state index >= 15 is 4.39 Å². The number of anilines is 2. The van der Waals surface area contributed by atoms with Crippen molar-refractivity contribution < 1.29 is 23.5 Å². The summed E-state index contributed by atoms with van der Waals surface area (Å²) in [6, 6.07) is 25.4. The molecule has 3 N–H and O–H groups in total. The van der Waals surface area contributed by atoms with Gasteiger partial charge in [0, 0.05) is 48.6 Å². The highest BCUT2D eigenvalue weighted by atomic mass is 32.1. The lowest BCUT2D eigenvalue weighted by atomic mass is 10.0. The molecular weight excluding hydrogens is 591 g/mol. The van der Waals surface area contributed by atoms with Gasteiger partial charge in [-0.15, -0.1) is 11.3 Å². The maximum Gasteiger partial charge on any atom is 0.247 e. The molecule has 0 spiro atoms. The molecule has 1 atom stereocenters. The van der Waals surface area contributed by atoms with E-state index < -0.39 is 23.0 Å². The molecule has 1 aliphatic carbocycles. The summed E-state index contributed by atoms with van der Waals surface area (Å²) in [5.74, 6) is -1.33. The molecule has 8 nitrogen and oxygen atoms in total. The smallest absolute Gasteiger partial charge is 0.247 e. The highest BCUT2D eigenvalue weighted by Crippen LogP contribution is 2.49. The monoisotopic (exact) mass is 624 g/mol. The molecule has 0 bridgehead atoms. The topological polar surface area (TPSA) is 107 Å². The van der Waals surface area contributed by atoms with E-state index in [1.807, 2.05) is 12.1 Å². The lowest BCUT2D eigenvalue weighted by molar-refractivity contribution is -0.133. The van der Waals surface area contributed by atoms with Crippen molar-refractivity contribution >= 4 is 44.7 Å². The number of ether oxygens (including phenoxy) is 2. The maximum atomic E-state index is 15.6. The maximum absolute atomic E-state index is 15.6. The summed E-state index contributed by atoms with van der Waals surface area (Å²) >= 11 is 1.52. The number of methoxy groups -OCH3 is 1. The zero-order valence-electron chi connectivity index (χ0n) is 25.0. The number of pyridine rings is 1. The number of nitrogens with one attached hydrogen (secondary N) is 1. The predicted molar refractivity (Wildman–Crippen MR) is 174 cm³/mol. The molecule has 2 amide bonds. The number of hydrogen-bond acceptors (Lipinski definition) is 7. The van der Waals surface area contributed by atoms with Gasteiger partial charge >= 0.3 is 0 Å². The molecule has 1 aliphatic rings. The predicted octanol–water partition coefficient (Wildman–Crippen LogP) is 6.95. The van der Waals surface area contributed by atoms with Crippen molar-refractivity contribution in [3.05, 3.63) is 103 Å². The highest BCUT2D eigenvalue weighted by molar-refractivity contribution is 7.22. The largest absolute Gasteiger partial charge is 0.453 e. The van der Waals surface area contributed by atoms with Crippen molar-refractivity contribution in [2.24, 2.45) is 11.1 Å². The van der Waals surface area contributed by atoms with Gasteiger partial charge in [0.15, 0.2) is 11.6 Å². The van der Waals surface area contributed by atoms with Crippen LogP contribution in [-0.4, -0.2) is 36.6 Å². The number of halogens is 1. The van der Waals surface area contributed by atoms with Crippen LogP contribution >= 0.6 is 11.3 Å². The summed E-state index contributed by atoms with van der Waals surface area (Å²) in [5.41, 5.74) is 8.05. The molecule has 45 heavy (non-hydrogen) atoms. The second kappa shape index (κ2) is 12.8. The standard InChI is InChI=1S/C35H33FN4O4S/c1-22(21-43-2)39-20-23-8-10-24(11-9-23)31-19-28-32(45-31)30(14-17-38-28)44-29-13-12-26(18-27(29)36)40(25-6-4-3-5-7-25)34(42)35(15-16-35)33(37)41/h3-14,17-19,22,39H,15-16,20-21H2,1-2H3,(H2,37,41). The average molecular weight is 625 g/mol. The van der Waals surface area contributed by atoms with Gasteiger partial charge in [-0.3, -0.25) is 19.5 Å². The number of rotatable bonds is 12. The van der Waals surface area contributed by atoms with E-state index in [9.17, 15) is 9.59 Å². The Bertz CT molecular complexity index is 1840. The van der Waals surface area contributed by atoms with Crippen molar-refractivity contribution in [3.63, 3.8) is 0 Å². The fourth-order valence-electron chi connectivity index (χ4n) is 5.22. The van der Waals surface area contributed by atoms with Gasteiger partial charge in [-0.25, -0.2) is 4.39 Å². The molecule has 230 valence electrons. The van der Waals surface area contributed by atoms with E-state index in [-0.39, 0.29) is 17.5 Å². The molecule has 1 fully saturated rings. The number of nitrogens with zero attached hydrogens (tertiary/aromatic N) is 2. The van der Waals surface area contributed by atoms with E-state index in [1.165, 1.54) is 33.9 Å². The third-order valence-corrected chi connectivity index (χ3v) is 9.12. The lowest BCUT2D eigenvalue weighted by Gasteiger charge is -2.26. The van der Waals surface area contributed by atoms with Gasteiger partial charge in [0.05, 0.1) is 22.5 Å². The van der Waals surface area contributed by atoms with Crippen molar-refractivity contribution in [1.82, 2.24) is 10.3 Å². The zero-order chi connectivity index (χ0) is 31.6. The number of para-hydroxylation sites is 1. The summed E-state index contributed by atoms with van der Waals surface area (Å²) < 4.78 is 27.7. The number of carbonyl (C=O) groups excluding carboxylic acids is 2. The van der Waals surface area contributed by atoms with Crippen LogP contribution in [0.2, 0.25) is 0 Å². The SMILES string of the molecule is COCC(C)NCc1ccc(-c2cc3nccc(Oc4ccc(N(C(=O)C5(C(N)=O)CC5)c5ccccc5)cc4F)c3s2)cc1. The summed E-state index contributed by atoms with van der Waals surface area (Å²) in [4.78, 5) is 32.6. The molecule has 0 saturated heterocycles. The number of aromatic nitrogens is 1. The molecule has 0 radical (unpaired) electrons. The van der Waals surface area contributed by atoms with E-state index in [0.29, 0.717) is 30.9 Å². The van der Waals surface area contributed by atoms with Crippen LogP contribution in [0.3, 0.4) is 0 Å². The Morgan fingerprint density at radius 1 is 1.02 bits per heavy atom. The molecular formula is C35H33FN4O4S. The second-order valence-electron chi connectivity index (χ2n) is 11.2. The highest BCUT2D eigenvalue weighted by Gasteiger charge is 2.57. The molecule has 10 heteroatoms. The van der Waals surface area contributed by atoms with E-state index in [1.54, 1.807) is 49.7 Å². The van der Waals surface area contributed by atoms with Gasteiger partial charge in [0.2, 0.25) is 11.8 Å². The van der Waals surface area contributed by atoms with Crippen LogP contribution in [0.15, 0.2) is 91.1 Å². The van der Waals surface area contributed by atoms with Crippen molar-refractivity contribution in [2.75, 3.05) is 18.6 Å². The minimum Gasteiger partial charge on any atom is -0.453 e. The van der Waals surface area contributed by atoms with Crippen LogP contribution in [0.25, 0.3) is 20.7 Å². The summed E-state index contributed by atoms with van der Waals surface area (Å²) in [6.07, 6.45) is 2.36. The molecule has 6 rings (SSSR count). The molecule has 5 aromatic rings. The minimum absolute atomic E-state index is 0.00255. The first kappa shape index (κ1) is 30.4. The number of amides is 2. The number of fused-ring (bicyclic) bond motifs is 1. The first-order valence-corrected chi connectivity index (χ1v) is 15.5. The van der Waals surface area contributed by atoms with Gasteiger partial charge in [-0.1, -0.05) is 42.5 Å².